The van der Waals surface area contributed by atoms with Crippen LogP contribution < -0.4 is 11.1 Å². The van der Waals surface area contributed by atoms with Gasteiger partial charge in [0.1, 0.15) is 5.54 Å². The number of para-hydroxylation sites is 1. The monoisotopic (exact) mass is 234 g/mol. The topological polar surface area (TPSA) is 92.4 Å². The molecule has 5 nitrogen and oxygen atoms in total. The molecule has 1 aromatic rings. The third-order valence-corrected chi connectivity index (χ3v) is 3.17. The maximum Gasteiger partial charge on any atom is 0.329 e. The van der Waals surface area contributed by atoms with E-state index in [-0.39, 0.29) is 0 Å². The molecule has 0 unspecified atom stereocenters. The molecule has 1 aliphatic carbocycles. The van der Waals surface area contributed by atoms with Crippen LogP contribution in [0.3, 0.4) is 0 Å². The van der Waals surface area contributed by atoms with Crippen LogP contribution >= 0.6 is 0 Å². The van der Waals surface area contributed by atoms with Crippen LogP contribution in [-0.4, -0.2) is 22.5 Å². The minimum Gasteiger partial charge on any atom is -0.480 e. The number of benzene rings is 1. The van der Waals surface area contributed by atoms with Gasteiger partial charge in [0.2, 0.25) is 0 Å². The molecule has 90 valence electrons. The highest BCUT2D eigenvalue weighted by molar-refractivity contribution is 6.01. The van der Waals surface area contributed by atoms with Crippen LogP contribution in [0.4, 0.5) is 5.69 Å². The molecule has 0 radical (unpaired) electrons. The first-order valence-corrected chi connectivity index (χ1v) is 5.45. The van der Waals surface area contributed by atoms with Crippen LogP contribution in [0.2, 0.25) is 0 Å². The fourth-order valence-electron chi connectivity index (χ4n) is 1.91. The van der Waals surface area contributed by atoms with Gasteiger partial charge in [0.15, 0.2) is 0 Å². The molecule has 4 N–H and O–H groups in total. The summed E-state index contributed by atoms with van der Waals surface area (Å²) in [5.41, 5.74) is 5.24. The summed E-state index contributed by atoms with van der Waals surface area (Å²) in [4.78, 5) is 23.0. The number of carbonyl (C=O) groups is 2. The summed E-state index contributed by atoms with van der Waals surface area (Å²) in [5, 5.41) is 11.7. The van der Waals surface area contributed by atoms with E-state index in [2.05, 4.69) is 5.32 Å². The van der Waals surface area contributed by atoms with Gasteiger partial charge in [0.05, 0.1) is 5.56 Å². The number of aliphatic carboxylic acids is 1. The number of amides is 1. The van der Waals surface area contributed by atoms with Crippen LogP contribution in [0.1, 0.15) is 29.6 Å². The molecular formula is C12H14N2O3. The van der Waals surface area contributed by atoms with Crippen molar-refractivity contribution in [1.82, 2.24) is 5.32 Å². The number of nitrogens with one attached hydrogen (secondary N) is 1. The van der Waals surface area contributed by atoms with Crippen LogP contribution in [0.5, 0.6) is 0 Å². The summed E-state index contributed by atoms with van der Waals surface area (Å²) in [6.45, 7) is 0. The molecule has 0 aromatic heterocycles. The van der Waals surface area contributed by atoms with Crippen molar-refractivity contribution in [1.29, 1.82) is 0 Å². The zero-order valence-corrected chi connectivity index (χ0v) is 9.27. The lowest BCUT2D eigenvalue weighted by Gasteiger charge is -2.38. The molecule has 0 aliphatic heterocycles. The molecule has 1 aromatic carbocycles. The first kappa shape index (κ1) is 11.4. The lowest BCUT2D eigenvalue weighted by molar-refractivity contribution is -0.148. The van der Waals surface area contributed by atoms with E-state index in [1.807, 2.05) is 0 Å². The Morgan fingerprint density at radius 3 is 2.41 bits per heavy atom. The molecule has 1 aliphatic rings. The first-order valence-electron chi connectivity index (χ1n) is 5.45. The molecule has 0 spiro atoms. The summed E-state index contributed by atoms with van der Waals surface area (Å²) < 4.78 is 0. The molecule has 1 amide bonds. The smallest absolute Gasteiger partial charge is 0.329 e. The normalized spacial score (nSPS) is 16.9. The van der Waals surface area contributed by atoms with Crippen molar-refractivity contribution in [3.8, 4) is 0 Å². The van der Waals surface area contributed by atoms with Crippen molar-refractivity contribution >= 4 is 17.6 Å². The zero-order valence-electron chi connectivity index (χ0n) is 9.27. The van der Waals surface area contributed by atoms with Crippen LogP contribution in [0, 0.1) is 0 Å². The average Bonchev–Trinajstić information content (AvgIpc) is 2.23. The summed E-state index contributed by atoms with van der Waals surface area (Å²) in [6.07, 6.45) is 1.76. The van der Waals surface area contributed by atoms with E-state index in [1.165, 1.54) is 0 Å². The Hall–Kier alpha value is -2.04. The average molecular weight is 234 g/mol. The number of nitrogen functional groups attached to an aromatic ring is 1. The van der Waals surface area contributed by atoms with E-state index < -0.39 is 17.4 Å². The van der Waals surface area contributed by atoms with Gasteiger partial charge in [-0.05, 0) is 31.4 Å². The second-order valence-electron chi connectivity index (χ2n) is 4.28. The lowest BCUT2D eigenvalue weighted by atomic mass is 9.76. The second kappa shape index (κ2) is 4.08. The highest BCUT2D eigenvalue weighted by Gasteiger charge is 2.45. The molecule has 2 rings (SSSR count). The Balaban J connectivity index is 2.17. The van der Waals surface area contributed by atoms with Crippen LogP contribution in [-0.2, 0) is 4.79 Å². The Kier molecular flexibility index (Phi) is 2.75. The van der Waals surface area contributed by atoms with Crippen molar-refractivity contribution in [3.63, 3.8) is 0 Å². The Bertz CT molecular complexity index is 467. The highest BCUT2D eigenvalue weighted by Crippen LogP contribution is 2.32. The summed E-state index contributed by atoms with van der Waals surface area (Å²) in [7, 11) is 0. The fraction of sp³-hybridized carbons (Fsp3) is 0.333. The maximum absolute atomic E-state index is 11.9. The number of carboxylic acid groups (broad SMARTS) is 1. The molecule has 0 atom stereocenters. The van der Waals surface area contributed by atoms with Crippen molar-refractivity contribution in [2.24, 2.45) is 0 Å². The predicted molar refractivity (Wildman–Crippen MR) is 62.5 cm³/mol. The quantitative estimate of drug-likeness (QED) is 0.680. The number of carbonyl (C=O) groups excluding carboxylic acids is 1. The lowest BCUT2D eigenvalue weighted by Crippen LogP contribution is -2.59. The van der Waals surface area contributed by atoms with E-state index >= 15 is 0 Å². The van der Waals surface area contributed by atoms with Gasteiger partial charge in [-0.15, -0.1) is 0 Å². The third kappa shape index (κ3) is 1.95. The molecule has 5 heteroatoms. The molecule has 0 heterocycles. The van der Waals surface area contributed by atoms with Gasteiger partial charge >= 0.3 is 5.97 Å². The summed E-state index contributed by atoms with van der Waals surface area (Å²) in [6, 6.07) is 6.62. The maximum atomic E-state index is 11.9. The second-order valence-corrected chi connectivity index (χ2v) is 4.28. The number of hydrogen-bond donors (Lipinski definition) is 3. The standard InChI is InChI=1S/C12H14N2O3/c13-9-5-2-1-4-8(9)10(15)14-12(11(16)17)6-3-7-12/h1-2,4-5H,3,6-7,13H2,(H,14,15)(H,16,17). The summed E-state index contributed by atoms with van der Waals surface area (Å²) >= 11 is 0. The molecule has 1 saturated carbocycles. The number of hydrogen-bond acceptors (Lipinski definition) is 3. The Morgan fingerprint density at radius 1 is 1.29 bits per heavy atom. The van der Waals surface area contributed by atoms with Gasteiger partial charge in [-0.2, -0.15) is 0 Å². The van der Waals surface area contributed by atoms with Gasteiger partial charge in [-0.25, -0.2) is 4.79 Å². The third-order valence-electron chi connectivity index (χ3n) is 3.17. The number of nitrogens with two attached hydrogens (primary N) is 1. The largest absolute Gasteiger partial charge is 0.480 e. The SMILES string of the molecule is Nc1ccccc1C(=O)NC1(C(=O)O)CCC1. The minimum absolute atomic E-state index is 0.319. The number of anilines is 1. The Labute approximate surface area is 98.6 Å². The highest BCUT2D eigenvalue weighted by atomic mass is 16.4. The molecule has 17 heavy (non-hydrogen) atoms. The van der Waals surface area contributed by atoms with Crippen LogP contribution in [0.15, 0.2) is 24.3 Å². The van der Waals surface area contributed by atoms with E-state index in [0.717, 1.165) is 6.42 Å². The molecule has 0 bridgehead atoms. The summed E-state index contributed by atoms with van der Waals surface area (Å²) in [5.74, 6) is -1.41. The fourth-order valence-corrected chi connectivity index (χ4v) is 1.91. The van der Waals surface area contributed by atoms with Crippen molar-refractivity contribution in [2.75, 3.05) is 5.73 Å². The first-order chi connectivity index (χ1) is 8.05. The van der Waals surface area contributed by atoms with Crippen LogP contribution in [0.25, 0.3) is 0 Å². The Morgan fingerprint density at radius 2 is 1.94 bits per heavy atom. The van der Waals surface area contributed by atoms with Crippen molar-refractivity contribution < 1.29 is 14.7 Å². The van der Waals surface area contributed by atoms with Gasteiger partial charge < -0.3 is 16.2 Å². The number of rotatable bonds is 3. The van der Waals surface area contributed by atoms with E-state index in [0.29, 0.717) is 24.1 Å². The van der Waals surface area contributed by atoms with Gasteiger partial charge in [0, 0.05) is 5.69 Å². The molecular weight excluding hydrogens is 220 g/mol. The zero-order chi connectivity index (χ0) is 12.5. The van der Waals surface area contributed by atoms with Gasteiger partial charge in [-0.3, -0.25) is 4.79 Å². The molecule has 1 fully saturated rings. The van der Waals surface area contributed by atoms with Crippen molar-refractivity contribution in [3.05, 3.63) is 29.8 Å². The van der Waals surface area contributed by atoms with Gasteiger partial charge in [-0.1, -0.05) is 12.1 Å². The van der Waals surface area contributed by atoms with Crippen molar-refractivity contribution in [2.45, 2.75) is 24.8 Å². The predicted octanol–water partition coefficient (Wildman–Crippen LogP) is 1.01. The minimum atomic E-state index is -1.10. The van der Waals surface area contributed by atoms with E-state index in [4.69, 9.17) is 10.8 Å². The number of carboxylic acids is 1. The van der Waals surface area contributed by atoms with Gasteiger partial charge in [0.25, 0.3) is 5.91 Å². The molecule has 0 saturated heterocycles. The van der Waals surface area contributed by atoms with E-state index in [9.17, 15) is 9.59 Å². The van der Waals surface area contributed by atoms with E-state index in [1.54, 1.807) is 24.3 Å².